The molecule has 6 heteroatoms. The van der Waals surface area contributed by atoms with E-state index in [1.807, 2.05) is 11.3 Å². The molecule has 178 valence electrons. The summed E-state index contributed by atoms with van der Waals surface area (Å²) in [5.41, 5.74) is 6.13. The van der Waals surface area contributed by atoms with Crippen molar-refractivity contribution in [2.45, 2.75) is 13.5 Å². The molecule has 0 atom stereocenters. The molecule has 4 aromatic carbocycles. The molecule has 0 saturated carbocycles. The van der Waals surface area contributed by atoms with Gasteiger partial charge in [-0.1, -0.05) is 48.6 Å². The molecule has 0 aliphatic rings. The molecular formula is C31H22I2N3S+3. The molecule has 0 aliphatic heterocycles. The summed E-state index contributed by atoms with van der Waals surface area (Å²) in [6.07, 6.45) is 13.2. The van der Waals surface area contributed by atoms with E-state index in [-0.39, 0.29) is 0 Å². The second-order valence-electron chi connectivity index (χ2n) is 9.14. The van der Waals surface area contributed by atoms with Gasteiger partial charge in [-0.05, 0) is 47.7 Å². The Morgan fingerprint density at radius 1 is 0.703 bits per heavy atom. The van der Waals surface area contributed by atoms with Crippen molar-refractivity contribution < 1.29 is 10.1 Å². The van der Waals surface area contributed by atoms with Crippen LogP contribution in [0.1, 0.15) is 18.1 Å². The van der Waals surface area contributed by atoms with E-state index in [9.17, 15) is 0 Å². The quantitative estimate of drug-likeness (QED) is 0.0758. The number of fused-ring (bicyclic) bond motifs is 3. The van der Waals surface area contributed by atoms with Crippen molar-refractivity contribution in [3.05, 3.63) is 103 Å². The number of rotatable bonds is 4. The molecule has 0 N–H and O–H groups in total. The van der Waals surface area contributed by atoms with Crippen LogP contribution in [0.2, 0.25) is 0 Å². The lowest BCUT2D eigenvalue weighted by molar-refractivity contribution is -0.703. The van der Waals surface area contributed by atoms with E-state index in [1.165, 1.54) is 64.2 Å². The summed E-state index contributed by atoms with van der Waals surface area (Å²) in [5.74, 6) is 0. The van der Waals surface area contributed by atoms with Crippen LogP contribution < -0.4 is 10.1 Å². The monoisotopic (exact) mass is 722 g/mol. The Kier molecular flexibility index (Phi) is 5.86. The second-order valence-corrected chi connectivity index (χ2v) is 12.3. The number of aromatic nitrogens is 3. The fourth-order valence-electron chi connectivity index (χ4n) is 5.40. The molecule has 0 saturated heterocycles. The number of hydrogen-bond acceptors (Lipinski definition) is 1. The van der Waals surface area contributed by atoms with Crippen molar-refractivity contribution in [2.75, 3.05) is 0 Å². The van der Waals surface area contributed by atoms with Crippen LogP contribution in [-0.2, 0) is 6.54 Å². The van der Waals surface area contributed by atoms with Gasteiger partial charge in [-0.3, -0.25) is 0 Å². The van der Waals surface area contributed by atoms with Crippen molar-refractivity contribution in [1.29, 1.82) is 0 Å². The molecule has 3 aromatic heterocycles. The predicted molar refractivity (Wildman–Crippen MR) is 171 cm³/mol. The first-order chi connectivity index (χ1) is 18.1. The number of thiophene rings is 1. The summed E-state index contributed by atoms with van der Waals surface area (Å²) < 4.78 is 9.34. The molecule has 37 heavy (non-hydrogen) atoms. The molecule has 3 heterocycles. The zero-order valence-electron chi connectivity index (χ0n) is 20.0. The minimum Gasteiger partial charge on any atom is -0.194 e. The summed E-state index contributed by atoms with van der Waals surface area (Å²) >= 11 is 6.69. The van der Waals surface area contributed by atoms with Gasteiger partial charge in [-0.2, -0.15) is 4.57 Å². The summed E-state index contributed by atoms with van der Waals surface area (Å²) in [4.78, 5) is 0. The van der Waals surface area contributed by atoms with Gasteiger partial charge < -0.3 is 0 Å². The van der Waals surface area contributed by atoms with Gasteiger partial charge in [0.25, 0.3) is 5.69 Å². The Bertz CT molecular complexity index is 2010. The van der Waals surface area contributed by atoms with E-state index in [0.717, 1.165) is 6.54 Å². The average Bonchev–Trinajstić information content (AvgIpc) is 3.31. The van der Waals surface area contributed by atoms with Gasteiger partial charge in [0.2, 0.25) is 24.1 Å². The number of benzene rings is 4. The Balaban J connectivity index is 1.49. The minimum absolute atomic E-state index is 0.943. The van der Waals surface area contributed by atoms with E-state index in [0.29, 0.717) is 0 Å². The van der Waals surface area contributed by atoms with Crippen molar-refractivity contribution in [3.8, 4) is 11.3 Å². The molecule has 0 radical (unpaired) electrons. The van der Waals surface area contributed by atoms with Crippen LogP contribution in [0, 0.1) is 0 Å². The highest BCUT2D eigenvalue weighted by Crippen LogP contribution is 2.45. The Labute approximate surface area is 246 Å². The zero-order chi connectivity index (χ0) is 25.1. The van der Waals surface area contributed by atoms with E-state index >= 15 is 0 Å². The molecule has 7 rings (SSSR count). The van der Waals surface area contributed by atoms with Crippen molar-refractivity contribution in [1.82, 2.24) is 0 Å². The molecule has 3 nitrogen and oxygen atoms in total. The van der Waals surface area contributed by atoms with Crippen molar-refractivity contribution in [3.63, 3.8) is 0 Å². The maximum atomic E-state index is 2.43. The van der Waals surface area contributed by atoms with Crippen LogP contribution in [0.15, 0.2) is 91.5 Å². The van der Waals surface area contributed by atoms with Crippen LogP contribution >= 0.6 is 57.1 Å². The van der Waals surface area contributed by atoms with E-state index in [1.54, 1.807) is 0 Å². The number of hydrogen-bond donors (Lipinski definition) is 0. The average molecular weight is 722 g/mol. The first kappa shape index (κ1) is 23.4. The standard InChI is InChI=1S/C31H22I2N3S/c1-2-34-17-18-35(32)25(19-34)22-8-4-3-7-20(22)12-13-21-14-15-27-30-28(21)31-24(10-6-16-36(31)33)23-9-5-11-26(37-27)29(23)30/h3-19H,2H2,1H3/q+3/b13-12+. The van der Waals surface area contributed by atoms with Crippen molar-refractivity contribution in [2.24, 2.45) is 0 Å². The molecule has 0 bridgehead atoms. The second kappa shape index (κ2) is 9.25. The Morgan fingerprint density at radius 3 is 2.41 bits per heavy atom. The highest BCUT2D eigenvalue weighted by molar-refractivity contribution is 14.1. The molecule has 0 aliphatic carbocycles. The van der Waals surface area contributed by atoms with E-state index in [2.05, 4.69) is 166 Å². The maximum absolute atomic E-state index is 2.43. The predicted octanol–water partition coefficient (Wildman–Crippen LogP) is 7.91. The summed E-state index contributed by atoms with van der Waals surface area (Å²) in [6, 6.07) is 24.4. The van der Waals surface area contributed by atoms with Crippen LogP contribution in [0.3, 0.4) is 0 Å². The first-order valence-electron chi connectivity index (χ1n) is 12.2. The summed E-state index contributed by atoms with van der Waals surface area (Å²) in [5, 5.41) is 6.74. The summed E-state index contributed by atoms with van der Waals surface area (Å²) in [7, 11) is 0. The SMILES string of the molecule is CC[n+]1cc[n+](I)c(-c2ccccc2/C=C/c2ccc3sc4cccc5c6ccc[n+](I)c6c2c3c45)c1. The normalized spacial score (nSPS) is 12.2. The number of halogens is 2. The molecule has 0 amide bonds. The number of pyridine rings is 1. The number of aryl methyl sites for hydroxylation is 1. The smallest absolute Gasteiger partial charge is 0.194 e. The fourth-order valence-corrected chi connectivity index (χ4v) is 7.76. The zero-order valence-corrected chi connectivity index (χ0v) is 25.2. The van der Waals surface area contributed by atoms with E-state index in [4.69, 9.17) is 0 Å². The van der Waals surface area contributed by atoms with Crippen LogP contribution in [-0.4, -0.2) is 0 Å². The largest absolute Gasteiger partial charge is 0.354 e. The Hall–Kier alpha value is -2.69. The Morgan fingerprint density at radius 2 is 1.51 bits per heavy atom. The van der Waals surface area contributed by atoms with Gasteiger partial charge in [-0.15, -0.1) is 16.9 Å². The third-order valence-electron chi connectivity index (χ3n) is 7.12. The fraction of sp³-hybridized carbons (Fsp3) is 0.0645. The minimum atomic E-state index is 0.943. The molecule has 0 spiro atoms. The topological polar surface area (TPSA) is 11.6 Å². The summed E-state index contributed by atoms with van der Waals surface area (Å²) in [6.45, 7) is 3.11. The molecule has 0 unspecified atom stereocenters. The van der Waals surface area contributed by atoms with Gasteiger partial charge in [0.05, 0.1) is 16.3 Å². The van der Waals surface area contributed by atoms with E-state index < -0.39 is 0 Å². The highest BCUT2D eigenvalue weighted by atomic mass is 127. The van der Waals surface area contributed by atoms with Crippen LogP contribution in [0.5, 0.6) is 0 Å². The van der Waals surface area contributed by atoms with Gasteiger partial charge >= 0.3 is 45.7 Å². The first-order valence-corrected chi connectivity index (χ1v) is 15.0. The molecular weight excluding hydrogens is 700 g/mol. The third-order valence-corrected chi connectivity index (χ3v) is 9.89. The lowest BCUT2D eigenvalue weighted by atomic mass is 9.93. The van der Waals surface area contributed by atoms with Gasteiger partial charge in [0.15, 0.2) is 6.20 Å². The lowest BCUT2D eigenvalue weighted by Gasteiger charge is -2.09. The maximum Gasteiger partial charge on any atom is 0.354 e. The lowest BCUT2D eigenvalue weighted by Crippen LogP contribution is -2.38. The number of nitrogens with zero attached hydrogens (tertiary/aromatic N) is 3. The molecule has 0 fully saturated rings. The molecule has 7 aromatic rings. The highest BCUT2D eigenvalue weighted by Gasteiger charge is 2.23. The van der Waals surface area contributed by atoms with Gasteiger partial charge in [0, 0.05) is 26.2 Å². The van der Waals surface area contributed by atoms with Crippen LogP contribution in [0.25, 0.3) is 65.3 Å². The van der Waals surface area contributed by atoms with Gasteiger partial charge in [0.1, 0.15) is 6.54 Å². The van der Waals surface area contributed by atoms with Crippen molar-refractivity contribution >= 4 is 111 Å². The van der Waals surface area contributed by atoms with Crippen LogP contribution in [0.4, 0.5) is 0 Å². The third kappa shape index (κ3) is 3.75. The van der Waals surface area contributed by atoms with Gasteiger partial charge in [-0.25, -0.2) is 0 Å².